The van der Waals surface area contributed by atoms with Crippen LogP contribution in [0.15, 0.2) is 0 Å². The summed E-state index contributed by atoms with van der Waals surface area (Å²) in [4.78, 5) is 12.0. The molecule has 41 heavy (non-hydrogen) atoms. The van der Waals surface area contributed by atoms with Crippen LogP contribution in [0.25, 0.3) is 0 Å². The first-order valence-electron chi connectivity index (χ1n) is 10.4. The first-order chi connectivity index (χ1) is 17.9. The molecule has 0 saturated carbocycles. The van der Waals surface area contributed by atoms with E-state index in [1.54, 1.807) is 0 Å². The first-order valence-corrected chi connectivity index (χ1v) is 13.9. The molecule has 1 fully saturated rings. The summed E-state index contributed by atoms with van der Waals surface area (Å²) in [5, 5.41) is -7.78. The average Bonchev–Trinajstić information content (AvgIpc) is 2.77. The molecule has 24 heteroatoms. The van der Waals surface area contributed by atoms with E-state index in [2.05, 4.69) is 3.63 Å². The lowest BCUT2D eigenvalue weighted by atomic mass is 9.91. The lowest BCUT2D eigenvalue weighted by molar-refractivity contribution is -0.458. The number of Topliss-reactive ketones (excluding diaryl/α,β-unsaturated/α-hetero) is 1. The van der Waals surface area contributed by atoms with Gasteiger partial charge < -0.3 is 4.74 Å². The molecule has 0 aromatic carbocycles. The molecular formula is C17H17F17O5S2. The Morgan fingerprint density at radius 1 is 0.683 bits per heavy atom. The van der Waals surface area contributed by atoms with Crippen LogP contribution >= 0.6 is 10.3 Å². The zero-order valence-electron chi connectivity index (χ0n) is 19.7. The maximum absolute atomic E-state index is 14.4. The van der Waals surface area contributed by atoms with Crippen LogP contribution in [-0.4, -0.2) is 91.6 Å². The van der Waals surface area contributed by atoms with Crippen molar-refractivity contribution in [3.63, 3.8) is 0 Å². The molecule has 0 N–H and O–H groups in total. The van der Waals surface area contributed by atoms with E-state index < -0.39 is 110 Å². The van der Waals surface area contributed by atoms with Gasteiger partial charge in [0.2, 0.25) is 0 Å². The summed E-state index contributed by atoms with van der Waals surface area (Å²) in [6.07, 6.45) is -8.27. The normalized spacial score (nSPS) is 19.7. The number of carbonyl (C=O) groups is 1. The van der Waals surface area contributed by atoms with Crippen molar-refractivity contribution in [1.29, 1.82) is 0 Å². The molecule has 5 nitrogen and oxygen atoms in total. The van der Waals surface area contributed by atoms with E-state index in [-0.39, 0.29) is 6.42 Å². The van der Waals surface area contributed by atoms with Crippen molar-refractivity contribution in [3.8, 4) is 0 Å². The maximum Gasteiger partial charge on any atom is 0.460 e. The van der Waals surface area contributed by atoms with E-state index in [0.717, 1.165) is 0 Å². The minimum atomic E-state index is -8.93. The van der Waals surface area contributed by atoms with Crippen LogP contribution in [0.2, 0.25) is 0 Å². The van der Waals surface area contributed by atoms with Crippen LogP contribution < -0.4 is 0 Å². The van der Waals surface area contributed by atoms with Gasteiger partial charge in [-0.3, -0.25) is 4.79 Å². The minimum absolute atomic E-state index is 0.0410. The lowest BCUT2D eigenvalue weighted by Crippen LogP contribution is -2.75. The van der Waals surface area contributed by atoms with E-state index >= 15 is 0 Å². The molecule has 0 aliphatic carbocycles. The van der Waals surface area contributed by atoms with Gasteiger partial charge in [0.25, 0.3) is 0 Å². The standard InChI is InChI=1S/C17H17F17O5S2/c1-2-3-9(35)8-40(6-4-38-5-7-40)39-41(36,37)17(33,34)15(28,29)13(24,25)11(20,21)10(18,19)12(22,23)14(26,27)16(30,31)32/h2-8H2,1H3. The van der Waals surface area contributed by atoms with Crippen LogP contribution in [0, 0.1) is 0 Å². The molecule has 1 aliphatic rings. The van der Waals surface area contributed by atoms with Crippen molar-refractivity contribution >= 4 is 26.2 Å². The van der Waals surface area contributed by atoms with Crippen LogP contribution in [0.4, 0.5) is 74.6 Å². The number of carbonyl (C=O) groups excluding carboxylic acids is 1. The summed E-state index contributed by atoms with van der Waals surface area (Å²) < 4.78 is 262. The number of halogens is 17. The third-order valence-corrected chi connectivity index (χ3v) is 10.8. The highest BCUT2D eigenvalue weighted by Crippen LogP contribution is 2.65. The second kappa shape index (κ2) is 11.0. The highest BCUT2D eigenvalue weighted by Gasteiger charge is 2.96. The molecule has 1 aliphatic heterocycles. The van der Waals surface area contributed by atoms with Crippen LogP contribution in [-0.2, 0) is 23.3 Å². The summed E-state index contributed by atoms with van der Waals surface area (Å²) in [5.74, 6) is -55.9. The van der Waals surface area contributed by atoms with Gasteiger partial charge in [-0.1, -0.05) is 6.92 Å². The molecule has 0 aromatic heterocycles. The largest absolute Gasteiger partial charge is 0.460 e. The van der Waals surface area contributed by atoms with Gasteiger partial charge in [-0.25, -0.2) is 3.63 Å². The van der Waals surface area contributed by atoms with Gasteiger partial charge in [0, 0.05) is 17.9 Å². The summed E-state index contributed by atoms with van der Waals surface area (Å²) in [5.41, 5.74) is 0. The Hall–Kier alpha value is -1.30. The molecule has 1 saturated heterocycles. The second-order valence-corrected chi connectivity index (χ2v) is 13.4. The maximum atomic E-state index is 14.4. The van der Waals surface area contributed by atoms with Crippen LogP contribution in [0.5, 0.6) is 0 Å². The highest BCUT2D eigenvalue weighted by atomic mass is 32.3. The molecule has 0 unspecified atom stereocenters. The molecule has 0 amide bonds. The van der Waals surface area contributed by atoms with Gasteiger partial charge in [-0.15, -0.1) is 10.3 Å². The molecular weight excluding hydrogens is 671 g/mol. The van der Waals surface area contributed by atoms with Crippen molar-refractivity contribution in [2.45, 2.75) is 66.7 Å². The number of hydrogen-bond acceptors (Lipinski definition) is 5. The first kappa shape index (κ1) is 37.7. The number of rotatable bonds is 13. The van der Waals surface area contributed by atoms with Crippen LogP contribution in [0.1, 0.15) is 19.8 Å². The SMILES string of the molecule is CCCC(=O)CS1(OS(=O)(=O)C(F)(F)C(F)(F)C(F)(F)C(F)(F)C(F)(F)C(F)(F)C(F)(F)C(F)(F)F)CCOCC1. The van der Waals surface area contributed by atoms with E-state index in [0.29, 0.717) is 0 Å². The zero-order chi connectivity index (χ0) is 32.9. The van der Waals surface area contributed by atoms with Crippen molar-refractivity contribution in [1.82, 2.24) is 0 Å². The molecule has 1 rings (SSSR count). The quantitative estimate of drug-likeness (QED) is 0.209. The third kappa shape index (κ3) is 5.81. The predicted octanol–water partition coefficient (Wildman–Crippen LogP) is 6.42. The summed E-state index contributed by atoms with van der Waals surface area (Å²) in [7, 11) is -11.6. The fraction of sp³-hybridized carbons (Fsp3) is 0.941. The number of alkyl halides is 17. The predicted molar refractivity (Wildman–Crippen MR) is 104 cm³/mol. The molecule has 0 aromatic rings. The Kier molecular flexibility index (Phi) is 10.1. The topological polar surface area (TPSA) is 69.7 Å². The van der Waals surface area contributed by atoms with Gasteiger partial charge in [0.1, 0.15) is 5.78 Å². The van der Waals surface area contributed by atoms with Crippen molar-refractivity contribution in [2.75, 3.05) is 30.5 Å². The number of hydrogen-bond donors (Lipinski definition) is 0. The highest BCUT2D eigenvalue weighted by molar-refractivity contribution is 8.33. The molecule has 0 spiro atoms. The Labute approximate surface area is 220 Å². The van der Waals surface area contributed by atoms with E-state index in [9.17, 15) is 87.8 Å². The van der Waals surface area contributed by atoms with Crippen molar-refractivity contribution < 1.29 is 96.2 Å². The van der Waals surface area contributed by atoms with Gasteiger partial charge in [0.05, 0.1) is 19.0 Å². The minimum Gasteiger partial charge on any atom is -0.380 e. The monoisotopic (exact) mass is 688 g/mol. The summed E-state index contributed by atoms with van der Waals surface area (Å²) >= 11 is 0. The number of ketones is 1. The Bertz CT molecular complexity index is 1070. The third-order valence-electron chi connectivity index (χ3n) is 5.39. The van der Waals surface area contributed by atoms with Gasteiger partial charge in [0.15, 0.2) is 0 Å². The smallest absolute Gasteiger partial charge is 0.380 e. The zero-order valence-corrected chi connectivity index (χ0v) is 21.4. The van der Waals surface area contributed by atoms with Gasteiger partial charge >= 0.3 is 57.1 Å². The molecule has 246 valence electrons. The Balaban J connectivity index is 3.68. The van der Waals surface area contributed by atoms with Gasteiger partial charge in [-0.05, 0) is 6.42 Å². The Morgan fingerprint density at radius 3 is 1.41 bits per heavy atom. The average molecular weight is 688 g/mol. The Morgan fingerprint density at radius 2 is 1.05 bits per heavy atom. The second-order valence-electron chi connectivity index (χ2n) is 8.40. The van der Waals surface area contributed by atoms with E-state index in [4.69, 9.17) is 4.74 Å². The molecule has 0 bridgehead atoms. The van der Waals surface area contributed by atoms with Crippen molar-refractivity contribution in [2.24, 2.45) is 0 Å². The fourth-order valence-corrected chi connectivity index (χ4v) is 8.15. The van der Waals surface area contributed by atoms with Crippen LogP contribution in [0.3, 0.4) is 0 Å². The molecule has 0 atom stereocenters. The van der Waals surface area contributed by atoms with E-state index in [1.807, 2.05) is 0 Å². The van der Waals surface area contributed by atoms with Crippen molar-refractivity contribution in [3.05, 3.63) is 0 Å². The summed E-state index contributed by atoms with van der Waals surface area (Å²) in [6.45, 7) is 0.146. The van der Waals surface area contributed by atoms with Gasteiger partial charge in [-0.2, -0.15) is 83.1 Å². The molecule has 1 heterocycles. The molecule has 0 radical (unpaired) electrons. The number of ether oxygens (including phenoxy) is 1. The lowest BCUT2D eigenvalue weighted by Gasteiger charge is -2.44. The fourth-order valence-electron chi connectivity index (χ4n) is 3.05. The summed E-state index contributed by atoms with van der Waals surface area (Å²) in [6, 6.07) is 0. The van der Waals surface area contributed by atoms with E-state index in [1.165, 1.54) is 6.92 Å².